The highest BCUT2D eigenvalue weighted by Crippen LogP contribution is 2.36. The summed E-state index contributed by atoms with van der Waals surface area (Å²) >= 11 is 6.00. The van der Waals surface area contributed by atoms with Gasteiger partial charge in [0, 0.05) is 44.0 Å². The zero-order chi connectivity index (χ0) is 18.0. The number of hydrogen-bond donors (Lipinski definition) is 0. The number of likely N-dealkylation sites (tertiary alicyclic amines) is 1. The van der Waals surface area contributed by atoms with E-state index in [4.69, 9.17) is 16.3 Å². The van der Waals surface area contributed by atoms with Gasteiger partial charge in [-0.3, -0.25) is 14.3 Å². The number of rotatable bonds is 4. The van der Waals surface area contributed by atoms with Gasteiger partial charge in [-0.05, 0) is 12.5 Å². The molecule has 1 amide bonds. The van der Waals surface area contributed by atoms with Crippen molar-refractivity contribution in [3.05, 3.63) is 47.0 Å². The molecule has 7 nitrogen and oxygen atoms in total. The summed E-state index contributed by atoms with van der Waals surface area (Å²) in [5.74, 6) is -0.788. The van der Waals surface area contributed by atoms with Crippen LogP contribution in [0.2, 0.25) is 5.15 Å². The van der Waals surface area contributed by atoms with Gasteiger partial charge in [0.15, 0.2) is 0 Å². The van der Waals surface area contributed by atoms with Crippen molar-refractivity contribution in [3.63, 3.8) is 0 Å². The van der Waals surface area contributed by atoms with E-state index in [1.807, 2.05) is 6.20 Å². The average Bonchev–Trinajstić information content (AvgIpc) is 3.02. The van der Waals surface area contributed by atoms with E-state index in [1.165, 1.54) is 0 Å². The third-order valence-corrected chi connectivity index (χ3v) is 4.78. The van der Waals surface area contributed by atoms with Crippen molar-refractivity contribution < 1.29 is 14.3 Å². The number of halogens is 1. The SMILES string of the molecule is CN1C(=O)CCC(C(=O)OCc2cccnc2Cl)C1c1cnn(C)c1. The van der Waals surface area contributed by atoms with Gasteiger partial charge in [-0.15, -0.1) is 0 Å². The molecule has 0 N–H and O–H groups in total. The van der Waals surface area contributed by atoms with E-state index in [1.54, 1.807) is 48.2 Å². The molecule has 0 bridgehead atoms. The zero-order valence-electron chi connectivity index (χ0n) is 14.1. The second kappa shape index (κ2) is 7.23. The molecule has 0 aliphatic carbocycles. The monoisotopic (exact) mass is 362 g/mol. The summed E-state index contributed by atoms with van der Waals surface area (Å²) in [7, 11) is 3.50. The summed E-state index contributed by atoms with van der Waals surface area (Å²) in [6.45, 7) is 0.0550. The Labute approximate surface area is 150 Å². The van der Waals surface area contributed by atoms with Crippen molar-refractivity contribution in [2.75, 3.05) is 7.05 Å². The number of pyridine rings is 1. The highest BCUT2D eigenvalue weighted by molar-refractivity contribution is 6.30. The number of ether oxygens (including phenoxy) is 1. The van der Waals surface area contributed by atoms with Crippen LogP contribution in [0.3, 0.4) is 0 Å². The fourth-order valence-electron chi connectivity index (χ4n) is 3.12. The molecule has 1 aliphatic rings. The van der Waals surface area contributed by atoms with Gasteiger partial charge in [-0.2, -0.15) is 5.10 Å². The largest absolute Gasteiger partial charge is 0.460 e. The van der Waals surface area contributed by atoms with Crippen molar-refractivity contribution in [2.45, 2.75) is 25.5 Å². The summed E-state index contributed by atoms with van der Waals surface area (Å²) < 4.78 is 7.11. The van der Waals surface area contributed by atoms with Crippen LogP contribution >= 0.6 is 11.6 Å². The van der Waals surface area contributed by atoms with Crippen molar-refractivity contribution in [1.29, 1.82) is 0 Å². The minimum absolute atomic E-state index is 0.00760. The summed E-state index contributed by atoms with van der Waals surface area (Å²) in [5, 5.41) is 4.47. The van der Waals surface area contributed by atoms with E-state index >= 15 is 0 Å². The molecule has 0 spiro atoms. The maximum Gasteiger partial charge on any atom is 0.311 e. The van der Waals surface area contributed by atoms with E-state index < -0.39 is 5.92 Å². The van der Waals surface area contributed by atoms with Crippen LogP contribution < -0.4 is 0 Å². The Kier molecular flexibility index (Phi) is 5.03. The molecule has 2 atom stereocenters. The Morgan fingerprint density at radius 1 is 1.44 bits per heavy atom. The number of piperidine rings is 1. The molecular weight excluding hydrogens is 344 g/mol. The highest BCUT2D eigenvalue weighted by Gasteiger charge is 2.40. The lowest BCUT2D eigenvalue weighted by Gasteiger charge is -2.37. The van der Waals surface area contributed by atoms with Crippen LogP contribution in [0, 0.1) is 5.92 Å². The molecule has 2 aromatic rings. The first-order valence-corrected chi connectivity index (χ1v) is 8.35. The quantitative estimate of drug-likeness (QED) is 0.615. The molecule has 2 unspecified atom stereocenters. The Morgan fingerprint density at radius 3 is 2.92 bits per heavy atom. The number of amides is 1. The van der Waals surface area contributed by atoms with Crippen LogP contribution in [0.25, 0.3) is 0 Å². The van der Waals surface area contributed by atoms with E-state index in [0.29, 0.717) is 23.6 Å². The number of carbonyl (C=O) groups excluding carboxylic acids is 2. The number of nitrogens with zero attached hydrogens (tertiary/aromatic N) is 4. The van der Waals surface area contributed by atoms with Gasteiger partial charge in [0.2, 0.25) is 5.91 Å². The number of hydrogen-bond acceptors (Lipinski definition) is 5. The van der Waals surface area contributed by atoms with E-state index in [-0.39, 0.29) is 24.5 Å². The molecule has 1 fully saturated rings. The van der Waals surface area contributed by atoms with E-state index in [0.717, 1.165) is 5.56 Å². The van der Waals surface area contributed by atoms with Crippen LogP contribution in [0.5, 0.6) is 0 Å². The molecule has 2 aromatic heterocycles. The summed E-state index contributed by atoms with van der Waals surface area (Å²) in [6.07, 6.45) is 5.84. The zero-order valence-corrected chi connectivity index (χ0v) is 14.8. The summed E-state index contributed by atoms with van der Waals surface area (Å²) in [6, 6.07) is 3.12. The van der Waals surface area contributed by atoms with Crippen LogP contribution in [0.1, 0.15) is 30.0 Å². The fourth-order valence-corrected chi connectivity index (χ4v) is 3.29. The fraction of sp³-hybridized carbons (Fsp3) is 0.412. The molecule has 3 heterocycles. The lowest BCUT2D eigenvalue weighted by molar-refractivity contribution is -0.157. The first-order valence-electron chi connectivity index (χ1n) is 7.97. The lowest BCUT2D eigenvalue weighted by atomic mass is 9.86. The van der Waals surface area contributed by atoms with Crippen molar-refractivity contribution >= 4 is 23.5 Å². The van der Waals surface area contributed by atoms with Gasteiger partial charge >= 0.3 is 5.97 Å². The van der Waals surface area contributed by atoms with Crippen LogP contribution in [0.15, 0.2) is 30.7 Å². The predicted octanol–water partition coefficient (Wildman–Crippen LogP) is 2.12. The third-order valence-electron chi connectivity index (χ3n) is 4.44. The van der Waals surface area contributed by atoms with Gasteiger partial charge in [-0.25, -0.2) is 4.98 Å². The van der Waals surface area contributed by atoms with E-state index in [9.17, 15) is 9.59 Å². The Balaban J connectivity index is 1.77. The van der Waals surface area contributed by atoms with E-state index in [2.05, 4.69) is 10.1 Å². The maximum atomic E-state index is 12.7. The lowest BCUT2D eigenvalue weighted by Crippen LogP contribution is -2.43. The second-order valence-corrected chi connectivity index (χ2v) is 6.46. The topological polar surface area (TPSA) is 77.3 Å². The van der Waals surface area contributed by atoms with Gasteiger partial charge in [0.25, 0.3) is 0 Å². The normalized spacial score (nSPS) is 20.6. The first-order chi connectivity index (χ1) is 12.0. The summed E-state index contributed by atoms with van der Waals surface area (Å²) in [4.78, 5) is 30.3. The molecule has 25 heavy (non-hydrogen) atoms. The van der Waals surface area contributed by atoms with Crippen LogP contribution in [0.4, 0.5) is 0 Å². The average molecular weight is 363 g/mol. The molecule has 3 rings (SSSR count). The molecule has 1 saturated heterocycles. The Hall–Kier alpha value is -2.41. The highest BCUT2D eigenvalue weighted by atomic mass is 35.5. The van der Waals surface area contributed by atoms with Crippen molar-refractivity contribution in [2.24, 2.45) is 13.0 Å². The van der Waals surface area contributed by atoms with Gasteiger partial charge < -0.3 is 9.64 Å². The minimum Gasteiger partial charge on any atom is -0.460 e. The van der Waals surface area contributed by atoms with Crippen LogP contribution in [-0.2, 0) is 28.0 Å². The molecule has 1 aliphatic heterocycles. The maximum absolute atomic E-state index is 12.7. The Morgan fingerprint density at radius 2 is 2.24 bits per heavy atom. The Bertz CT molecular complexity index is 792. The molecule has 132 valence electrons. The van der Waals surface area contributed by atoms with Crippen molar-refractivity contribution in [3.8, 4) is 0 Å². The molecule has 0 saturated carbocycles. The van der Waals surface area contributed by atoms with Gasteiger partial charge in [0.05, 0.1) is 18.2 Å². The van der Waals surface area contributed by atoms with Crippen molar-refractivity contribution in [1.82, 2.24) is 19.7 Å². The smallest absolute Gasteiger partial charge is 0.311 e. The standard InChI is InChI=1S/C17H19ClN4O3/c1-21-9-12(8-20-21)15-13(5-6-14(23)22(15)2)17(24)25-10-11-4-3-7-19-16(11)18/h3-4,7-9,13,15H,5-6,10H2,1-2H3. The molecule has 0 radical (unpaired) electrons. The predicted molar refractivity (Wildman–Crippen MR) is 90.5 cm³/mol. The molecular formula is C17H19ClN4O3. The van der Waals surface area contributed by atoms with Crippen LogP contribution in [-0.4, -0.2) is 38.6 Å². The van der Waals surface area contributed by atoms with Gasteiger partial charge in [0.1, 0.15) is 11.8 Å². The number of aryl methyl sites for hydroxylation is 1. The first kappa shape index (κ1) is 17.4. The molecule has 8 heteroatoms. The minimum atomic E-state index is -0.442. The van der Waals surface area contributed by atoms with Gasteiger partial charge in [-0.1, -0.05) is 17.7 Å². The summed E-state index contributed by atoms with van der Waals surface area (Å²) in [5.41, 5.74) is 1.47. The number of carbonyl (C=O) groups is 2. The third kappa shape index (κ3) is 3.66. The second-order valence-electron chi connectivity index (χ2n) is 6.10. The number of esters is 1. The number of aromatic nitrogens is 3. The molecule has 0 aromatic carbocycles.